The molecule has 4 rings (SSSR count). The number of hydrogen-bond donors (Lipinski definition) is 1. The zero-order chi connectivity index (χ0) is 14.4. The van der Waals surface area contributed by atoms with Gasteiger partial charge in [-0.05, 0) is 74.5 Å². The molecule has 3 atom stereocenters. The highest BCUT2D eigenvalue weighted by molar-refractivity contribution is 5.31. The van der Waals surface area contributed by atoms with Gasteiger partial charge in [0, 0.05) is 18.6 Å². The minimum absolute atomic E-state index is 0.624. The minimum atomic E-state index is 0.624. The Morgan fingerprint density at radius 1 is 1.05 bits per heavy atom. The van der Waals surface area contributed by atoms with E-state index in [0.29, 0.717) is 6.04 Å². The second-order valence-electron chi connectivity index (χ2n) is 7.57. The summed E-state index contributed by atoms with van der Waals surface area (Å²) in [6.45, 7) is 0.837. The highest BCUT2D eigenvalue weighted by Crippen LogP contribution is 2.45. The maximum Gasteiger partial charge on any atom is 0.0246 e. The fraction of sp³-hybridized carbons (Fsp3) is 0.684. The molecule has 2 saturated carbocycles. The van der Waals surface area contributed by atoms with E-state index in [4.69, 9.17) is 5.73 Å². The average molecular weight is 284 g/mol. The van der Waals surface area contributed by atoms with Crippen LogP contribution in [-0.2, 0) is 12.8 Å². The van der Waals surface area contributed by atoms with Gasteiger partial charge in [-0.25, -0.2) is 0 Å². The standard InChI is InChI=1S/C19H28N2/c1-21(18(12-20)13-6-7-13)19-16-8-9-17(19)11-15-5-3-2-4-14(15)10-16/h2-5,13,16-19H,6-12,20H2,1H3. The predicted octanol–water partition coefficient (Wildman–Crippen LogP) is 2.85. The zero-order valence-corrected chi connectivity index (χ0v) is 13.2. The molecular weight excluding hydrogens is 256 g/mol. The summed E-state index contributed by atoms with van der Waals surface area (Å²) in [4.78, 5) is 2.70. The van der Waals surface area contributed by atoms with Crippen molar-refractivity contribution < 1.29 is 0 Å². The molecule has 2 bridgehead atoms. The first-order valence-corrected chi connectivity index (χ1v) is 8.76. The Bertz CT molecular complexity index is 475. The summed E-state index contributed by atoms with van der Waals surface area (Å²) in [7, 11) is 2.36. The smallest absolute Gasteiger partial charge is 0.0246 e. The molecule has 2 fully saturated rings. The number of nitrogens with two attached hydrogens (primary N) is 1. The zero-order valence-electron chi connectivity index (χ0n) is 13.2. The van der Waals surface area contributed by atoms with Crippen molar-refractivity contribution in [3.8, 4) is 0 Å². The van der Waals surface area contributed by atoms with Crippen molar-refractivity contribution in [2.24, 2.45) is 23.5 Å². The van der Waals surface area contributed by atoms with E-state index in [1.165, 1.54) is 38.5 Å². The van der Waals surface area contributed by atoms with Gasteiger partial charge < -0.3 is 5.73 Å². The van der Waals surface area contributed by atoms with Gasteiger partial charge in [-0.15, -0.1) is 0 Å². The number of fused-ring (bicyclic) bond motifs is 3. The van der Waals surface area contributed by atoms with E-state index in [9.17, 15) is 0 Å². The van der Waals surface area contributed by atoms with Gasteiger partial charge in [0.05, 0.1) is 0 Å². The van der Waals surface area contributed by atoms with E-state index in [2.05, 4.69) is 36.2 Å². The average Bonchev–Trinajstić information content (AvgIpc) is 3.24. The molecule has 0 aromatic heterocycles. The molecule has 2 N–H and O–H groups in total. The lowest BCUT2D eigenvalue weighted by atomic mass is 9.92. The topological polar surface area (TPSA) is 29.3 Å². The molecule has 0 saturated heterocycles. The van der Waals surface area contributed by atoms with Gasteiger partial charge in [0.15, 0.2) is 0 Å². The van der Waals surface area contributed by atoms with Crippen LogP contribution in [0.15, 0.2) is 24.3 Å². The minimum Gasteiger partial charge on any atom is -0.329 e. The molecule has 0 amide bonds. The van der Waals surface area contributed by atoms with E-state index < -0.39 is 0 Å². The van der Waals surface area contributed by atoms with Gasteiger partial charge in [0.25, 0.3) is 0 Å². The van der Waals surface area contributed by atoms with Crippen molar-refractivity contribution >= 4 is 0 Å². The van der Waals surface area contributed by atoms with Gasteiger partial charge in [-0.1, -0.05) is 24.3 Å². The van der Waals surface area contributed by atoms with Crippen molar-refractivity contribution in [1.29, 1.82) is 0 Å². The maximum absolute atomic E-state index is 6.11. The van der Waals surface area contributed by atoms with Gasteiger partial charge in [0.2, 0.25) is 0 Å². The fourth-order valence-corrected chi connectivity index (χ4v) is 5.18. The quantitative estimate of drug-likeness (QED) is 0.921. The molecule has 0 radical (unpaired) electrons. The molecule has 114 valence electrons. The molecule has 3 aliphatic rings. The molecule has 3 unspecified atom stereocenters. The number of benzene rings is 1. The molecule has 21 heavy (non-hydrogen) atoms. The summed E-state index contributed by atoms with van der Waals surface area (Å²) in [5.41, 5.74) is 9.33. The normalized spacial score (nSPS) is 32.8. The molecule has 1 aromatic carbocycles. The highest BCUT2D eigenvalue weighted by Gasteiger charge is 2.45. The van der Waals surface area contributed by atoms with Crippen molar-refractivity contribution in [2.45, 2.75) is 50.6 Å². The lowest BCUT2D eigenvalue weighted by Crippen LogP contribution is -2.49. The van der Waals surface area contributed by atoms with Crippen LogP contribution in [0.1, 0.15) is 36.8 Å². The van der Waals surface area contributed by atoms with E-state index >= 15 is 0 Å². The second-order valence-corrected chi connectivity index (χ2v) is 7.57. The summed E-state index contributed by atoms with van der Waals surface area (Å²) in [5, 5.41) is 0. The lowest BCUT2D eigenvalue weighted by Gasteiger charge is -2.38. The molecule has 0 heterocycles. The lowest BCUT2D eigenvalue weighted by molar-refractivity contribution is 0.102. The van der Waals surface area contributed by atoms with E-state index in [0.717, 1.165) is 30.3 Å². The van der Waals surface area contributed by atoms with E-state index in [1.807, 2.05) is 0 Å². The molecule has 1 aromatic rings. The van der Waals surface area contributed by atoms with Crippen molar-refractivity contribution in [1.82, 2.24) is 4.90 Å². The Balaban J connectivity index is 1.59. The Morgan fingerprint density at radius 3 is 2.10 bits per heavy atom. The van der Waals surface area contributed by atoms with Crippen LogP contribution in [0, 0.1) is 17.8 Å². The third-order valence-corrected chi connectivity index (χ3v) is 6.36. The summed E-state index contributed by atoms with van der Waals surface area (Å²) in [5.74, 6) is 2.57. The fourth-order valence-electron chi connectivity index (χ4n) is 5.18. The SMILES string of the molecule is CN(C(CN)C1CC1)C1C2CCC1Cc1ccccc1C2. The van der Waals surface area contributed by atoms with Gasteiger partial charge in [-0.3, -0.25) is 4.90 Å². The number of likely N-dealkylation sites (N-methyl/N-ethyl adjacent to an activating group) is 1. The summed E-state index contributed by atoms with van der Waals surface area (Å²) in [6.07, 6.45) is 8.18. The molecule has 2 nitrogen and oxygen atoms in total. The number of rotatable bonds is 4. The van der Waals surface area contributed by atoms with Gasteiger partial charge >= 0.3 is 0 Å². The van der Waals surface area contributed by atoms with Crippen LogP contribution < -0.4 is 5.73 Å². The van der Waals surface area contributed by atoms with Crippen LogP contribution in [0.4, 0.5) is 0 Å². The van der Waals surface area contributed by atoms with Crippen LogP contribution in [0.5, 0.6) is 0 Å². The Labute approximate surface area is 128 Å². The largest absolute Gasteiger partial charge is 0.329 e. The first kappa shape index (κ1) is 13.8. The first-order chi connectivity index (χ1) is 10.3. The van der Waals surface area contributed by atoms with Crippen molar-refractivity contribution in [3.05, 3.63) is 35.4 Å². The third-order valence-electron chi connectivity index (χ3n) is 6.36. The maximum atomic E-state index is 6.11. The van der Waals surface area contributed by atoms with Gasteiger partial charge in [0.1, 0.15) is 0 Å². The Kier molecular flexibility index (Phi) is 3.55. The number of nitrogens with zero attached hydrogens (tertiary/aromatic N) is 1. The predicted molar refractivity (Wildman–Crippen MR) is 87.2 cm³/mol. The van der Waals surface area contributed by atoms with Crippen LogP contribution in [-0.4, -0.2) is 30.6 Å². The van der Waals surface area contributed by atoms with Crippen LogP contribution in [0.25, 0.3) is 0 Å². The van der Waals surface area contributed by atoms with Crippen molar-refractivity contribution in [2.75, 3.05) is 13.6 Å². The third kappa shape index (κ3) is 2.43. The summed E-state index contributed by atoms with van der Waals surface area (Å²) in [6, 6.07) is 10.5. The molecule has 3 aliphatic carbocycles. The highest BCUT2D eigenvalue weighted by atomic mass is 15.2. The van der Waals surface area contributed by atoms with E-state index in [1.54, 1.807) is 11.1 Å². The molecule has 2 heteroatoms. The van der Waals surface area contributed by atoms with Crippen LogP contribution in [0.2, 0.25) is 0 Å². The van der Waals surface area contributed by atoms with E-state index in [-0.39, 0.29) is 0 Å². The van der Waals surface area contributed by atoms with Crippen LogP contribution >= 0.6 is 0 Å². The summed E-state index contributed by atoms with van der Waals surface area (Å²) < 4.78 is 0. The number of hydrogen-bond acceptors (Lipinski definition) is 2. The van der Waals surface area contributed by atoms with Gasteiger partial charge in [-0.2, -0.15) is 0 Å². The molecule has 0 aliphatic heterocycles. The first-order valence-electron chi connectivity index (χ1n) is 8.76. The molecule has 0 spiro atoms. The Morgan fingerprint density at radius 2 is 1.62 bits per heavy atom. The van der Waals surface area contributed by atoms with Crippen LogP contribution in [0.3, 0.4) is 0 Å². The monoisotopic (exact) mass is 284 g/mol. The second kappa shape index (κ2) is 5.40. The Hall–Kier alpha value is -0.860. The molecular formula is C19H28N2. The van der Waals surface area contributed by atoms with Crippen molar-refractivity contribution in [3.63, 3.8) is 0 Å². The summed E-state index contributed by atoms with van der Waals surface area (Å²) >= 11 is 0.